The zero-order valence-electron chi connectivity index (χ0n) is 7.80. The number of carbonyl (C=O) groups is 1. The number of carboxylic acids is 1. The molecule has 0 fully saturated rings. The Labute approximate surface area is 81.8 Å². The summed E-state index contributed by atoms with van der Waals surface area (Å²) in [6.07, 6.45) is -0.435. The number of benzene rings is 1. The molecule has 1 aromatic rings. The monoisotopic (exact) mass is 196 g/mol. The van der Waals surface area contributed by atoms with Crippen molar-refractivity contribution in [2.24, 2.45) is 0 Å². The highest BCUT2D eigenvalue weighted by Crippen LogP contribution is 2.17. The van der Waals surface area contributed by atoms with Crippen molar-refractivity contribution in [3.05, 3.63) is 24.3 Å². The van der Waals surface area contributed by atoms with Gasteiger partial charge in [-0.1, -0.05) is 6.92 Å². The molecule has 76 valence electrons. The fraction of sp³-hybridized carbons (Fsp3) is 0.300. The lowest BCUT2D eigenvalue weighted by Crippen LogP contribution is -2.25. The standard InChI is InChI=1S/C10H12O4/c1-2-9(10(12)13)14-8-5-3-7(11)4-6-8/h3-6,9,11H,2H2,1H3,(H,12,13)/t9-/m0/s1. The molecule has 1 atom stereocenters. The third-order valence-electron chi connectivity index (χ3n) is 1.76. The van der Waals surface area contributed by atoms with Gasteiger partial charge in [0.05, 0.1) is 0 Å². The van der Waals surface area contributed by atoms with Crippen molar-refractivity contribution in [2.75, 3.05) is 0 Å². The molecule has 4 heteroatoms. The number of carboxylic acid groups (broad SMARTS) is 1. The van der Waals surface area contributed by atoms with Crippen LogP contribution in [0.3, 0.4) is 0 Å². The van der Waals surface area contributed by atoms with Crippen LogP contribution in [0.15, 0.2) is 24.3 Å². The van der Waals surface area contributed by atoms with Crippen molar-refractivity contribution in [2.45, 2.75) is 19.4 Å². The lowest BCUT2D eigenvalue weighted by molar-refractivity contribution is -0.145. The van der Waals surface area contributed by atoms with Crippen molar-refractivity contribution in [1.82, 2.24) is 0 Å². The summed E-state index contributed by atoms with van der Waals surface area (Å²) in [5.41, 5.74) is 0. The lowest BCUT2D eigenvalue weighted by atomic mass is 10.2. The summed E-state index contributed by atoms with van der Waals surface area (Å²) in [5, 5.41) is 17.7. The summed E-state index contributed by atoms with van der Waals surface area (Å²) in [6.45, 7) is 1.74. The Bertz CT molecular complexity index is 304. The van der Waals surface area contributed by atoms with Crippen LogP contribution >= 0.6 is 0 Å². The fourth-order valence-electron chi connectivity index (χ4n) is 0.997. The zero-order chi connectivity index (χ0) is 10.6. The molecule has 2 N–H and O–H groups in total. The second-order valence-electron chi connectivity index (χ2n) is 2.85. The van der Waals surface area contributed by atoms with Gasteiger partial charge in [-0.2, -0.15) is 0 Å². The van der Waals surface area contributed by atoms with Crippen molar-refractivity contribution in [1.29, 1.82) is 0 Å². The van der Waals surface area contributed by atoms with Gasteiger partial charge in [-0.25, -0.2) is 4.79 Å². The van der Waals surface area contributed by atoms with Gasteiger partial charge >= 0.3 is 5.97 Å². The Morgan fingerprint density at radius 2 is 2.00 bits per heavy atom. The molecular weight excluding hydrogens is 184 g/mol. The van der Waals surface area contributed by atoms with E-state index in [1.807, 2.05) is 0 Å². The molecule has 1 rings (SSSR count). The highest BCUT2D eigenvalue weighted by Gasteiger charge is 2.16. The summed E-state index contributed by atoms with van der Waals surface area (Å²) < 4.78 is 5.17. The number of ether oxygens (including phenoxy) is 1. The molecule has 0 saturated carbocycles. The predicted octanol–water partition coefficient (Wildman–Crippen LogP) is 1.63. The van der Waals surface area contributed by atoms with Crippen molar-refractivity contribution < 1.29 is 19.7 Å². The highest BCUT2D eigenvalue weighted by atomic mass is 16.5. The van der Waals surface area contributed by atoms with Gasteiger partial charge in [-0.3, -0.25) is 0 Å². The van der Waals surface area contributed by atoms with Crippen LogP contribution in [0.5, 0.6) is 11.5 Å². The first-order chi connectivity index (χ1) is 6.63. The average molecular weight is 196 g/mol. The summed E-state index contributed by atoms with van der Waals surface area (Å²) >= 11 is 0. The van der Waals surface area contributed by atoms with E-state index in [2.05, 4.69) is 0 Å². The van der Waals surface area contributed by atoms with Crippen LogP contribution in [0.2, 0.25) is 0 Å². The first-order valence-electron chi connectivity index (χ1n) is 4.32. The van der Waals surface area contributed by atoms with E-state index >= 15 is 0 Å². The summed E-state index contributed by atoms with van der Waals surface area (Å²) in [5.74, 6) is -0.418. The first-order valence-corrected chi connectivity index (χ1v) is 4.32. The number of phenolic OH excluding ortho intramolecular Hbond substituents is 1. The third kappa shape index (κ3) is 2.65. The van der Waals surface area contributed by atoms with Gasteiger partial charge in [0.25, 0.3) is 0 Å². The summed E-state index contributed by atoms with van der Waals surface area (Å²) in [6, 6.07) is 5.95. The van der Waals surface area contributed by atoms with Gasteiger partial charge in [0, 0.05) is 0 Å². The molecule has 0 bridgehead atoms. The Morgan fingerprint density at radius 3 is 2.43 bits per heavy atom. The largest absolute Gasteiger partial charge is 0.508 e. The van der Waals surface area contributed by atoms with Crippen LogP contribution in [0, 0.1) is 0 Å². The second-order valence-corrected chi connectivity index (χ2v) is 2.85. The van der Waals surface area contributed by atoms with Gasteiger partial charge in [-0.15, -0.1) is 0 Å². The van der Waals surface area contributed by atoms with E-state index < -0.39 is 12.1 Å². The van der Waals surface area contributed by atoms with E-state index in [0.717, 1.165) is 0 Å². The van der Waals surface area contributed by atoms with Gasteiger partial charge in [-0.05, 0) is 30.7 Å². The van der Waals surface area contributed by atoms with Crippen LogP contribution in [0.25, 0.3) is 0 Å². The molecule has 0 heterocycles. The maximum Gasteiger partial charge on any atom is 0.344 e. The van der Waals surface area contributed by atoms with E-state index in [9.17, 15) is 4.79 Å². The van der Waals surface area contributed by atoms with E-state index in [1.165, 1.54) is 24.3 Å². The van der Waals surface area contributed by atoms with Crippen LogP contribution < -0.4 is 4.74 Å². The quantitative estimate of drug-likeness (QED) is 0.768. The molecule has 0 radical (unpaired) electrons. The lowest BCUT2D eigenvalue weighted by Gasteiger charge is -2.12. The minimum atomic E-state index is -0.986. The van der Waals surface area contributed by atoms with Crippen molar-refractivity contribution in [3.63, 3.8) is 0 Å². The molecule has 0 aliphatic heterocycles. The van der Waals surface area contributed by atoms with Crippen LogP contribution in [-0.2, 0) is 4.79 Å². The Kier molecular flexibility index (Phi) is 3.34. The van der Waals surface area contributed by atoms with Gasteiger partial charge in [0.1, 0.15) is 11.5 Å². The summed E-state index contributed by atoms with van der Waals surface area (Å²) in [4.78, 5) is 10.6. The van der Waals surface area contributed by atoms with Crippen molar-refractivity contribution in [3.8, 4) is 11.5 Å². The van der Waals surface area contributed by atoms with E-state index in [4.69, 9.17) is 14.9 Å². The molecule has 0 aromatic heterocycles. The maximum atomic E-state index is 10.6. The van der Waals surface area contributed by atoms with E-state index in [1.54, 1.807) is 6.92 Å². The summed E-state index contributed by atoms with van der Waals surface area (Å²) in [7, 11) is 0. The minimum Gasteiger partial charge on any atom is -0.508 e. The molecule has 0 aliphatic carbocycles. The topological polar surface area (TPSA) is 66.8 Å². The van der Waals surface area contributed by atoms with Gasteiger partial charge in [0.2, 0.25) is 0 Å². The average Bonchev–Trinajstić information content (AvgIpc) is 2.16. The predicted molar refractivity (Wildman–Crippen MR) is 50.4 cm³/mol. The maximum absolute atomic E-state index is 10.6. The fourth-order valence-corrected chi connectivity index (χ4v) is 0.997. The number of hydrogen-bond acceptors (Lipinski definition) is 3. The van der Waals surface area contributed by atoms with Crippen LogP contribution in [0.4, 0.5) is 0 Å². The molecule has 0 spiro atoms. The molecule has 0 amide bonds. The smallest absolute Gasteiger partial charge is 0.344 e. The molecule has 0 aliphatic rings. The molecule has 0 unspecified atom stereocenters. The number of aliphatic carboxylic acids is 1. The number of rotatable bonds is 4. The van der Waals surface area contributed by atoms with Crippen LogP contribution in [0.1, 0.15) is 13.3 Å². The number of hydrogen-bond donors (Lipinski definition) is 2. The van der Waals surface area contributed by atoms with Crippen LogP contribution in [-0.4, -0.2) is 22.3 Å². The third-order valence-corrected chi connectivity index (χ3v) is 1.76. The normalized spacial score (nSPS) is 12.1. The Morgan fingerprint density at radius 1 is 1.43 bits per heavy atom. The van der Waals surface area contributed by atoms with Gasteiger partial charge in [0.15, 0.2) is 6.10 Å². The van der Waals surface area contributed by atoms with Gasteiger partial charge < -0.3 is 14.9 Å². The second kappa shape index (κ2) is 4.50. The van der Waals surface area contributed by atoms with Crippen molar-refractivity contribution >= 4 is 5.97 Å². The zero-order valence-corrected chi connectivity index (χ0v) is 7.80. The van der Waals surface area contributed by atoms with E-state index in [0.29, 0.717) is 12.2 Å². The highest BCUT2D eigenvalue weighted by molar-refractivity contribution is 5.72. The number of phenols is 1. The molecule has 1 aromatic carbocycles. The SMILES string of the molecule is CC[C@H](Oc1ccc(O)cc1)C(=O)O. The first kappa shape index (κ1) is 10.4. The Balaban J connectivity index is 2.67. The number of aromatic hydroxyl groups is 1. The minimum absolute atomic E-state index is 0.126. The van der Waals surface area contributed by atoms with E-state index in [-0.39, 0.29) is 5.75 Å². The molecule has 4 nitrogen and oxygen atoms in total. The molecule has 14 heavy (non-hydrogen) atoms. The Hall–Kier alpha value is -1.71. The molecule has 0 saturated heterocycles. The molecular formula is C10H12O4.